The Morgan fingerprint density at radius 1 is 1.21 bits per heavy atom. The number of sulfonamides is 1. The molecule has 0 saturated carbocycles. The topological polar surface area (TPSA) is 76.7 Å². The Morgan fingerprint density at radius 3 is 2.63 bits per heavy atom. The molecule has 1 fully saturated rings. The Balaban J connectivity index is 1.99. The highest BCUT2D eigenvalue weighted by atomic mass is 32.2. The van der Waals surface area contributed by atoms with E-state index in [9.17, 15) is 8.42 Å². The molecule has 0 radical (unpaired) electrons. The van der Waals surface area contributed by atoms with Gasteiger partial charge in [0.1, 0.15) is 0 Å². The molecule has 1 saturated heterocycles. The molecule has 0 unspecified atom stereocenters. The van der Waals surface area contributed by atoms with Crippen LogP contribution < -0.4 is 10.0 Å². The molecule has 0 spiro atoms. The van der Waals surface area contributed by atoms with Gasteiger partial charge < -0.3 is 14.8 Å². The SMILES string of the molecule is COCCCS(=O)(=O)NCCCOC1CCNCC1. The molecule has 7 heteroatoms. The van der Waals surface area contributed by atoms with Crippen LogP contribution in [-0.4, -0.2) is 60.2 Å². The summed E-state index contributed by atoms with van der Waals surface area (Å²) in [7, 11) is -1.59. The molecular weight excluding hydrogens is 268 g/mol. The summed E-state index contributed by atoms with van der Waals surface area (Å²) >= 11 is 0. The van der Waals surface area contributed by atoms with Gasteiger partial charge in [-0.15, -0.1) is 0 Å². The lowest BCUT2D eigenvalue weighted by Crippen LogP contribution is -2.33. The van der Waals surface area contributed by atoms with Gasteiger partial charge in [-0.05, 0) is 38.8 Å². The van der Waals surface area contributed by atoms with Gasteiger partial charge >= 0.3 is 0 Å². The molecule has 1 aliphatic heterocycles. The second kappa shape index (κ2) is 9.66. The molecule has 6 nitrogen and oxygen atoms in total. The van der Waals surface area contributed by atoms with Crippen LogP contribution >= 0.6 is 0 Å². The fourth-order valence-electron chi connectivity index (χ4n) is 1.98. The molecule has 0 aromatic carbocycles. The van der Waals surface area contributed by atoms with E-state index in [-0.39, 0.29) is 5.75 Å². The fourth-order valence-corrected chi connectivity index (χ4v) is 3.07. The molecule has 0 bridgehead atoms. The number of nitrogens with one attached hydrogen (secondary N) is 2. The van der Waals surface area contributed by atoms with Gasteiger partial charge in [-0.2, -0.15) is 0 Å². The Morgan fingerprint density at radius 2 is 1.95 bits per heavy atom. The monoisotopic (exact) mass is 294 g/mol. The lowest BCUT2D eigenvalue weighted by molar-refractivity contribution is 0.0322. The summed E-state index contributed by atoms with van der Waals surface area (Å²) in [5, 5.41) is 3.28. The van der Waals surface area contributed by atoms with Crippen molar-refractivity contribution in [1.29, 1.82) is 0 Å². The molecule has 1 heterocycles. The van der Waals surface area contributed by atoms with E-state index in [4.69, 9.17) is 9.47 Å². The first kappa shape index (κ1) is 16.8. The summed E-state index contributed by atoms with van der Waals surface area (Å²) in [6.07, 6.45) is 3.66. The molecule has 1 aliphatic rings. The van der Waals surface area contributed by atoms with Crippen LogP contribution in [0.15, 0.2) is 0 Å². The summed E-state index contributed by atoms with van der Waals surface area (Å²) < 4.78 is 36.2. The molecule has 1 rings (SSSR count). The average Bonchev–Trinajstić information content (AvgIpc) is 2.39. The molecule has 0 aliphatic carbocycles. The minimum atomic E-state index is -3.15. The molecular formula is C12H26N2O4S. The lowest BCUT2D eigenvalue weighted by atomic mass is 10.1. The predicted octanol–water partition coefficient (Wildman–Crippen LogP) is 0.101. The van der Waals surface area contributed by atoms with Crippen molar-refractivity contribution >= 4 is 10.0 Å². The van der Waals surface area contributed by atoms with E-state index in [1.54, 1.807) is 7.11 Å². The van der Waals surface area contributed by atoms with Crippen molar-refractivity contribution in [2.75, 3.05) is 45.7 Å². The third-order valence-electron chi connectivity index (χ3n) is 3.04. The predicted molar refractivity (Wildman–Crippen MR) is 74.7 cm³/mol. The van der Waals surface area contributed by atoms with Gasteiger partial charge in [0.15, 0.2) is 0 Å². The van der Waals surface area contributed by atoms with Gasteiger partial charge in [0.2, 0.25) is 10.0 Å². The maximum atomic E-state index is 11.6. The molecule has 0 atom stereocenters. The van der Waals surface area contributed by atoms with Crippen LogP contribution in [0.4, 0.5) is 0 Å². The normalized spacial score (nSPS) is 17.7. The van der Waals surface area contributed by atoms with Gasteiger partial charge in [0.05, 0.1) is 11.9 Å². The first-order valence-electron chi connectivity index (χ1n) is 6.92. The first-order valence-corrected chi connectivity index (χ1v) is 8.58. The summed E-state index contributed by atoms with van der Waals surface area (Å²) in [5.41, 5.74) is 0. The van der Waals surface area contributed by atoms with Crippen molar-refractivity contribution in [2.24, 2.45) is 0 Å². The van der Waals surface area contributed by atoms with Crippen molar-refractivity contribution in [3.8, 4) is 0 Å². The largest absolute Gasteiger partial charge is 0.385 e. The van der Waals surface area contributed by atoms with E-state index in [2.05, 4.69) is 10.0 Å². The summed E-state index contributed by atoms with van der Waals surface area (Å²) in [6, 6.07) is 0. The third kappa shape index (κ3) is 8.54. The van der Waals surface area contributed by atoms with E-state index >= 15 is 0 Å². The Bertz CT molecular complexity index is 316. The number of ether oxygens (including phenoxy) is 2. The van der Waals surface area contributed by atoms with E-state index in [0.717, 1.165) is 25.9 Å². The maximum Gasteiger partial charge on any atom is 0.211 e. The zero-order valence-electron chi connectivity index (χ0n) is 11.7. The molecule has 114 valence electrons. The van der Waals surface area contributed by atoms with Crippen molar-refractivity contribution in [1.82, 2.24) is 10.0 Å². The van der Waals surface area contributed by atoms with Gasteiger partial charge in [-0.25, -0.2) is 13.1 Å². The highest BCUT2D eigenvalue weighted by Crippen LogP contribution is 2.07. The quantitative estimate of drug-likeness (QED) is 0.559. The van der Waals surface area contributed by atoms with Crippen molar-refractivity contribution in [3.05, 3.63) is 0 Å². The maximum absolute atomic E-state index is 11.6. The highest BCUT2D eigenvalue weighted by Gasteiger charge is 2.13. The summed E-state index contributed by atoms with van der Waals surface area (Å²) in [6.45, 7) is 3.55. The first-order chi connectivity index (χ1) is 9.14. The highest BCUT2D eigenvalue weighted by molar-refractivity contribution is 7.89. The second-order valence-electron chi connectivity index (χ2n) is 4.73. The second-order valence-corrected chi connectivity index (χ2v) is 6.66. The summed E-state index contributed by atoms with van der Waals surface area (Å²) in [5.74, 6) is 0.121. The van der Waals surface area contributed by atoms with Crippen LogP contribution in [0.2, 0.25) is 0 Å². The van der Waals surface area contributed by atoms with Gasteiger partial charge in [-0.3, -0.25) is 0 Å². The zero-order valence-corrected chi connectivity index (χ0v) is 12.5. The minimum absolute atomic E-state index is 0.121. The molecule has 2 N–H and O–H groups in total. The number of hydrogen-bond donors (Lipinski definition) is 2. The van der Waals surface area contributed by atoms with Crippen molar-refractivity contribution in [3.63, 3.8) is 0 Å². The Labute approximate surface area is 116 Å². The number of piperidine rings is 1. The number of hydrogen-bond acceptors (Lipinski definition) is 5. The van der Waals surface area contributed by atoms with E-state index in [1.807, 2.05) is 0 Å². The Kier molecular flexibility index (Phi) is 8.56. The van der Waals surface area contributed by atoms with E-state index in [1.165, 1.54) is 0 Å². The molecule has 0 amide bonds. The molecule has 19 heavy (non-hydrogen) atoms. The molecule has 0 aromatic heterocycles. The fraction of sp³-hybridized carbons (Fsp3) is 1.00. The van der Waals surface area contributed by atoms with Crippen molar-refractivity contribution < 1.29 is 17.9 Å². The third-order valence-corrected chi connectivity index (χ3v) is 4.51. The van der Waals surface area contributed by atoms with Crippen LogP contribution in [0, 0.1) is 0 Å². The van der Waals surface area contributed by atoms with Crippen LogP contribution in [-0.2, 0) is 19.5 Å². The average molecular weight is 294 g/mol. The van der Waals surface area contributed by atoms with Gasteiger partial charge in [0.25, 0.3) is 0 Å². The summed E-state index contributed by atoms with van der Waals surface area (Å²) in [4.78, 5) is 0. The Hall–Kier alpha value is -0.210. The van der Waals surface area contributed by atoms with Crippen LogP contribution in [0.25, 0.3) is 0 Å². The van der Waals surface area contributed by atoms with E-state index in [0.29, 0.717) is 38.7 Å². The molecule has 0 aromatic rings. The van der Waals surface area contributed by atoms with E-state index < -0.39 is 10.0 Å². The van der Waals surface area contributed by atoms with Crippen LogP contribution in [0.1, 0.15) is 25.7 Å². The lowest BCUT2D eigenvalue weighted by Gasteiger charge is -2.22. The van der Waals surface area contributed by atoms with Crippen molar-refractivity contribution in [2.45, 2.75) is 31.8 Å². The van der Waals surface area contributed by atoms with Crippen LogP contribution in [0.3, 0.4) is 0 Å². The number of methoxy groups -OCH3 is 1. The smallest absolute Gasteiger partial charge is 0.211 e. The van der Waals surface area contributed by atoms with Crippen LogP contribution in [0.5, 0.6) is 0 Å². The number of rotatable bonds is 10. The minimum Gasteiger partial charge on any atom is -0.385 e. The zero-order chi connectivity index (χ0) is 14.0. The van der Waals surface area contributed by atoms with Gasteiger partial charge in [-0.1, -0.05) is 0 Å². The van der Waals surface area contributed by atoms with Gasteiger partial charge in [0, 0.05) is 26.9 Å². The standard InChI is InChI=1S/C12H26N2O4S/c1-17-9-3-11-19(15,16)14-6-2-10-18-12-4-7-13-8-5-12/h12-14H,2-11H2,1H3.